The average molecular weight is 202 g/mol. The first-order chi connectivity index (χ1) is 7.31. The Morgan fingerprint density at radius 1 is 1.80 bits per heavy atom. The number of azide groups is 1. The third-order valence-corrected chi connectivity index (χ3v) is 2.17. The van der Waals surface area contributed by atoms with Crippen molar-refractivity contribution in [1.82, 2.24) is 0 Å². The average Bonchev–Trinajstić information content (AvgIpc) is 2.62. The topological polar surface area (TPSA) is 67.2 Å². The summed E-state index contributed by atoms with van der Waals surface area (Å²) in [6.45, 7) is -0.0110. The summed E-state index contributed by atoms with van der Waals surface area (Å²) in [7, 11) is 6.84. The second kappa shape index (κ2) is 6.41. The SMILES string of the molecule is [B][B]C1CC(OCN=[N+]=[N-])C(CC#C)O1. The molecule has 1 saturated heterocycles. The summed E-state index contributed by atoms with van der Waals surface area (Å²) in [6, 6.07) is -0.139. The first-order valence-electron chi connectivity index (χ1n) is 4.58. The summed E-state index contributed by atoms with van der Waals surface area (Å²) in [5.74, 6) is 2.51. The van der Waals surface area contributed by atoms with Crippen molar-refractivity contribution in [2.45, 2.75) is 31.1 Å². The van der Waals surface area contributed by atoms with E-state index in [4.69, 9.17) is 29.2 Å². The number of hydrogen-bond donors (Lipinski definition) is 0. The fourth-order valence-corrected chi connectivity index (χ4v) is 1.50. The Labute approximate surface area is 90.8 Å². The normalized spacial score (nSPS) is 29.1. The minimum atomic E-state index is -0.173. The predicted molar refractivity (Wildman–Crippen MR) is 57.1 cm³/mol. The van der Waals surface area contributed by atoms with E-state index in [2.05, 4.69) is 15.9 Å². The molecular formula is C8H10B2N3O2. The summed E-state index contributed by atoms with van der Waals surface area (Å²) < 4.78 is 10.8. The van der Waals surface area contributed by atoms with E-state index in [0.717, 1.165) is 0 Å². The maximum absolute atomic E-state index is 8.10. The zero-order valence-corrected chi connectivity index (χ0v) is 8.24. The van der Waals surface area contributed by atoms with Gasteiger partial charge < -0.3 is 9.47 Å². The van der Waals surface area contributed by atoms with Crippen LogP contribution in [0.1, 0.15) is 12.8 Å². The molecule has 0 N–H and O–H groups in total. The number of nitrogens with zero attached hydrogens (tertiary/aromatic N) is 3. The maximum atomic E-state index is 8.10. The molecule has 0 aromatic rings. The highest BCUT2D eigenvalue weighted by Gasteiger charge is 2.33. The van der Waals surface area contributed by atoms with E-state index in [-0.39, 0.29) is 24.9 Å². The Hall–Kier alpha value is -1.08. The molecule has 1 aliphatic rings. The molecule has 1 heterocycles. The van der Waals surface area contributed by atoms with Gasteiger partial charge in [0.15, 0.2) is 0 Å². The van der Waals surface area contributed by atoms with Gasteiger partial charge in [0, 0.05) is 25.1 Å². The van der Waals surface area contributed by atoms with Crippen LogP contribution in [0.25, 0.3) is 10.4 Å². The van der Waals surface area contributed by atoms with Gasteiger partial charge in [-0.25, -0.2) is 0 Å². The summed E-state index contributed by atoms with van der Waals surface area (Å²) in [5, 5.41) is 3.29. The molecule has 7 heteroatoms. The molecule has 5 nitrogen and oxygen atoms in total. The van der Waals surface area contributed by atoms with Gasteiger partial charge in [0.2, 0.25) is 0 Å². The molecule has 0 aliphatic carbocycles. The zero-order valence-electron chi connectivity index (χ0n) is 8.24. The standard InChI is InChI=1S/C8H10B2N3O2/c1-2-3-6-7(14-5-12-13-11)4-8(10-9)15-6/h1,6-8H,3-5H2. The lowest BCUT2D eigenvalue weighted by Gasteiger charge is -2.15. The van der Waals surface area contributed by atoms with Crippen molar-refractivity contribution in [1.29, 1.82) is 0 Å². The van der Waals surface area contributed by atoms with E-state index in [1.54, 1.807) is 0 Å². The van der Waals surface area contributed by atoms with Crippen molar-refractivity contribution in [2.75, 3.05) is 6.73 Å². The van der Waals surface area contributed by atoms with Crippen LogP contribution < -0.4 is 0 Å². The molecule has 75 valence electrons. The highest BCUT2D eigenvalue weighted by Crippen LogP contribution is 2.24. The van der Waals surface area contributed by atoms with Crippen LogP contribution >= 0.6 is 0 Å². The molecule has 3 radical (unpaired) electrons. The molecule has 0 spiro atoms. The fourth-order valence-electron chi connectivity index (χ4n) is 1.50. The quantitative estimate of drug-likeness (QED) is 0.215. The van der Waals surface area contributed by atoms with E-state index in [1.165, 1.54) is 7.17 Å². The molecular weight excluding hydrogens is 192 g/mol. The van der Waals surface area contributed by atoms with Gasteiger partial charge in [0.1, 0.15) is 6.73 Å². The van der Waals surface area contributed by atoms with Crippen LogP contribution in [0.3, 0.4) is 0 Å². The Kier molecular flexibility index (Phi) is 5.13. The minimum absolute atomic E-state index is 0.0110. The van der Waals surface area contributed by atoms with Crippen molar-refractivity contribution < 1.29 is 9.47 Å². The monoisotopic (exact) mass is 202 g/mol. The van der Waals surface area contributed by atoms with Crippen molar-refractivity contribution in [3.05, 3.63) is 10.4 Å². The van der Waals surface area contributed by atoms with Crippen LogP contribution in [0, 0.1) is 12.3 Å². The van der Waals surface area contributed by atoms with Crippen LogP contribution in [0.15, 0.2) is 5.11 Å². The fraction of sp³-hybridized carbons (Fsp3) is 0.750. The highest BCUT2D eigenvalue weighted by atomic mass is 16.6. The van der Waals surface area contributed by atoms with Gasteiger partial charge in [-0.1, -0.05) is 5.11 Å². The van der Waals surface area contributed by atoms with Gasteiger partial charge in [0.05, 0.1) is 19.4 Å². The molecule has 15 heavy (non-hydrogen) atoms. The van der Waals surface area contributed by atoms with Crippen molar-refractivity contribution in [2.24, 2.45) is 5.11 Å². The molecule has 1 rings (SSSR count). The summed E-state index contributed by atoms with van der Waals surface area (Å²) >= 11 is 0. The van der Waals surface area contributed by atoms with Gasteiger partial charge in [-0.05, 0) is 12.0 Å². The first kappa shape index (κ1) is 12.0. The van der Waals surface area contributed by atoms with Crippen molar-refractivity contribution in [3.63, 3.8) is 0 Å². The molecule has 3 atom stereocenters. The second-order valence-electron chi connectivity index (χ2n) is 3.11. The molecule has 0 saturated carbocycles. The van der Waals surface area contributed by atoms with Crippen LogP contribution in [-0.4, -0.2) is 39.8 Å². The largest absolute Gasteiger partial charge is 0.381 e. The minimum Gasteiger partial charge on any atom is -0.381 e. The summed E-state index contributed by atoms with van der Waals surface area (Å²) in [5.41, 5.74) is 8.10. The van der Waals surface area contributed by atoms with Crippen LogP contribution in [0.2, 0.25) is 0 Å². The predicted octanol–water partition coefficient (Wildman–Crippen LogP) is 0.565. The van der Waals surface area contributed by atoms with E-state index in [0.29, 0.717) is 12.8 Å². The van der Waals surface area contributed by atoms with E-state index >= 15 is 0 Å². The molecule has 3 unspecified atom stereocenters. The van der Waals surface area contributed by atoms with Gasteiger partial charge in [0.25, 0.3) is 0 Å². The first-order valence-corrected chi connectivity index (χ1v) is 4.58. The van der Waals surface area contributed by atoms with Gasteiger partial charge in [-0.2, -0.15) is 0 Å². The maximum Gasteiger partial charge on any atom is 0.126 e. The molecule has 0 amide bonds. The Balaban J connectivity index is 2.45. The van der Waals surface area contributed by atoms with Gasteiger partial charge >= 0.3 is 0 Å². The summed E-state index contributed by atoms with van der Waals surface area (Å²) in [4.78, 5) is 2.59. The number of ether oxygens (including phenoxy) is 2. The number of hydrogen-bond acceptors (Lipinski definition) is 3. The Morgan fingerprint density at radius 3 is 3.20 bits per heavy atom. The smallest absolute Gasteiger partial charge is 0.126 e. The third-order valence-electron chi connectivity index (χ3n) is 2.17. The second-order valence-corrected chi connectivity index (χ2v) is 3.11. The number of rotatable bonds is 5. The number of terminal acetylenes is 1. The van der Waals surface area contributed by atoms with Crippen LogP contribution in [0.5, 0.6) is 0 Å². The van der Waals surface area contributed by atoms with Crippen molar-refractivity contribution >= 4 is 14.9 Å². The molecule has 1 fully saturated rings. The van der Waals surface area contributed by atoms with E-state index in [1.807, 2.05) is 0 Å². The zero-order chi connectivity index (χ0) is 11.1. The lowest BCUT2D eigenvalue weighted by atomic mass is 9.51. The van der Waals surface area contributed by atoms with Crippen molar-refractivity contribution in [3.8, 4) is 12.3 Å². The van der Waals surface area contributed by atoms with Crippen LogP contribution in [0.4, 0.5) is 0 Å². The van der Waals surface area contributed by atoms with E-state index in [9.17, 15) is 0 Å². The molecule has 1 aliphatic heterocycles. The Bertz CT molecular complexity index is 288. The molecule has 0 aromatic carbocycles. The van der Waals surface area contributed by atoms with Gasteiger partial charge in [-0.3, -0.25) is 0 Å². The lowest BCUT2D eigenvalue weighted by molar-refractivity contribution is -0.00772. The Morgan fingerprint density at radius 2 is 2.60 bits per heavy atom. The molecule has 0 aromatic heterocycles. The highest BCUT2D eigenvalue weighted by molar-refractivity contribution is 6.90. The third kappa shape index (κ3) is 3.52. The lowest BCUT2D eigenvalue weighted by Crippen LogP contribution is -2.24. The molecule has 0 bridgehead atoms. The van der Waals surface area contributed by atoms with E-state index < -0.39 is 0 Å². The van der Waals surface area contributed by atoms with Gasteiger partial charge in [-0.15, -0.1) is 12.3 Å². The summed E-state index contributed by atoms with van der Waals surface area (Å²) in [6.07, 6.45) is 5.98. The van der Waals surface area contributed by atoms with Crippen LogP contribution in [-0.2, 0) is 9.47 Å².